The van der Waals surface area contributed by atoms with Crippen LogP contribution in [0.1, 0.15) is 37.5 Å². The maximum atomic E-state index is 12.5. The van der Waals surface area contributed by atoms with Crippen LogP contribution in [0, 0.1) is 0 Å². The molecule has 2 aromatic rings. The summed E-state index contributed by atoms with van der Waals surface area (Å²) in [6, 6.07) is 3.48. The van der Waals surface area contributed by atoms with Gasteiger partial charge in [-0.25, -0.2) is 23.1 Å². The van der Waals surface area contributed by atoms with Crippen molar-refractivity contribution in [1.29, 1.82) is 0 Å². The first-order valence-electron chi connectivity index (χ1n) is 8.64. The van der Waals surface area contributed by atoms with Gasteiger partial charge in [-0.1, -0.05) is 6.92 Å². The van der Waals surface area contributed by atoms with Crippen LogP contribution >= 0.6 is 11.3 Å². The number of nitrogens with one attached hydrogen (secondary N) is 1. The minimum absolute atomic E-state index is 0.0187. The van der Waals surface area contributed by atoms with Crippen molar-refractivity contribution in [2.75, 3.05) is 7.11 Å². The molecule has 1 fully saturated rings. The summed E-state index contributed by atoms with van der Waals surface area (Å²) in [5.41, 5.74) is 0. The van der Waals surface area contributed by atoms with Crippen molar-refractivity contribution in [2.24, 2.45) is 0 Å². The monoisotopic (exact) mass is 397 g/mol. The number of ether oxygens (including phenoxy) is 2. The molecule has 0 radical (unpaired) electrons. The summed E-state index contributed by atoms with van der Waals surface area (Å²) in [6.07, 6.45) is 6.87. The van der Waals surface area contributed by atoms with E-state index in [-0.39, 0.29) is 12.1 Å². The van der Waals surface area contributed by atoms with Gasteiger partial charge >= 0.3 is 0 Å². The van der Waals surface area contributed by atoms with E-state index in [4.69, 9.17) is 9.47 Å². The predicted octanol–water partition coefficient (Wildman–Crippen LogP) is 2.78. The van der Waals surface area contributed by atoms with Gasteiger partial charge in [0, 0.05) is 23.3 Å². The van der Waals surface area contributed by atoms with Gasteiger partial charge in [-0.15, -0.1) is 11.3 Å². The number of aromatic nitrogens is 2. The Hall–Kier alpha value is -1.71. The lowest BCUT2D eigenvalue weighted by Crippen LogP contribution is -2.39. The van der Waals surface area contributed by atoms with Gasteiger partial charge in [0.1, 0.15) is 10.3 Å². The predicted molar refractivity (Wildman–Crippen MR) is 99.3 cm³/mol. The zero-order valence-electron chi connectivity index (χ0n) is 14.8. The first kappa shape index (κ1) is 19.1. The lowest BCUT2D eigenvalue weighted by Gasteiger charge is -2.29. The minimum atomic E-state index is -3.45. The highest BCUT2D eigenvalue weighted by molar-refractivity contribution is 7.91. The Morgan fingerprint density at radius 2 is 1.85 bits per heavy atom. The van der Waals surface area contributed by atoms with Crippen LogP contribution in [0.5, 0.6) is 11.8 Å². The van der Waals surface area contributed by atoms with Crippen molar-refractivity contribution in [2.45, 2.75) is 55.4 Å². The van der Waals surface area contributed by atoms with E-state index >= 15 is 0 Å². The molecule has 0 atom stereocenters. The molecule has 1 saturated carbocycles. The molecule has 0 bridgehead atoms. The Bertz CT molecular complexity index is 830. The molecule has 9 heteroatoms. The highest BCUT2D eigenvalue weighted by Gasteiger charge is 2.28. The standard InChI is InChI=1S/C17H23N3O4S2/c1-3-14-8-9-15(25-14)26(21,22)20-12-4-6-13(7-5-12)24-17-16(23-2)18-10-11-19-17/h8-13,20H,3-7H2,1-2H3. The fourth-order valence-electron chi connectivity index (χ4n) is 2.96. The highest BCUT2D eigenvalue weighted by atomic mass is 32.2. The molecule has 0 amide bonds. The van der Waals surface area contributed by atoms with Crippen molar-refractivity contribution < 1.29 is 17.9 Å². The van der Waals surface area contributed by atoms with E-state index in [1.807, 2.05) is 13.0 Å². The Morgan fingerprint density at radius 3 is 2.46 bits per heavy atom. The summed E-state index contributed by atoms with van der Waals surface area (Å²) in [5, 5.41) is 0. The molecule has 0 aliphatic heterocycles. The zero-order chi connectivity index (χ0) is 18.6. The molecule has 3 rings (SSSR count). The van der Waals surface area contributed by atoms with Gasteiger partial charge < -0.3 is 9.47 Å². The van der Waals surface area contributed by atoms with Gasteiger partial charge in [-0.3, -0.25) is 0 Å². The maximum absolute atomic E-state index is 12.5. The Balaban J connectivity index is 1.55. The molecular formula is C17H23N3O4S2. The molecule has 0 unspecified atom stereocenters. The number of rotatable bonds is 7. The van der Waals surface area contributed by atoms with Crippen molar-refractivity contribution >= 4 is 21.4 Å². The van der Waals surface area contributed by atoms with Crippen LogP contribution < -0.4 is 14.2 Å². The Kier molecular flexibility index (Phi) is 6.10. The molecule has 0 aromatic carbocycles. The van der Waals surface area contributed by atoms with E-state index < -0.39 is 10.0 Å². The molecule has 1 N–H and O–H groups in total. The van der Waals surface area contributed by atoms with Crippen LogP contribution in [-0.4, -0.2) is 37.6 Å². The van der Waals surface area contributed by atoms with Gasteiger partial charge in [-0.2, -0.15) is 0 Å². The number of hydrogen-bond acceptors (Lipinski definition) is 7. The fourth-order valence-corrected chi connectivity index (χ4v) is 5.58. The summed E-state index contributed by atoms with van der Waals surface area (Å²) in [7, 11) is -1.93. The second kappa shape index (κ2) is 8.32. The molecule has 1 aliphatic rings. The fraction of sp³-hybridized carbons (Fsp3) is 0.529. The van der Waals surface area contributed by atoms with Crippen LogP contribution in [0.25, 0.3) is 0 Å². The second-order valence-corrected chi connectivity index (χ2v) is 9.27. The number of hydrogen-bond donors (Lipinski definition) is 1. The van der Waals surface area contributed by atoms with E-state index in [2.05, 4.69) is 14.7 Å². The molecule has 7 nitrogen and oxygen atoms in total. The molecule has 2 aromatic heterocycles. The molecule has 26 heavy (non-hydrogen) atoms. The van der Waals surface area contributed by atoms with Crippen LogP contribution in [0.3, 0.4) is 0 Å². The minimum Gasteiger partial charge on any atom is -0.477 e. The molecule has 2 heterocycles. The van der Waals surface area contributed by atoms with Crippen molar-refractivity contribution in [3.63, 3.8) is 0 Å². The quantitative estimate of drug-likeness (QED) is 0.773. The second-order valence-electron chi connectivity index (χ2n) is 6.16. The van der Waals surface area contributed by atoms with Crippen LogP contribution in [0.2, 0.25) is 0 Å². The Morgan fingerprint density at radius 1 is 1.15 bits per heavy atom. The maximum Gasteiger partial charge on any atom is 0.278 e. The van der Waals surface area contributed by atoms with E-state index in [0.29, 0.717) is 16.0 Å². The number of methoxy groups -OCH3 is 1. The summed E-state index contributed by atoms with van der Waals surface area (Å²) in [4.78, 5) is 9.29. The van der Waals surface area contributed by atoms with Crippen LogP contribution in [0.4, 0.5) is 0 Å². The van der Waals surface area contributed by atoms with Gasteiger partial charge in [0.25, 0.3) is 11.8 Å². The van der Waals surface area contributed by atoms with Gasteiger partial charge in [-0.05, 0) is 44.2 Å². The largest absolute Gasteiger partial charge is 0.477 e. The third-order valence-corrected chi connectivity index (χ3v) is 7.59. The molecule has 1 aliphatic carbocycles. The first-order valence-corrected chi connectivity index (χ1v) is 10.9. The van der Waals surface area contributed by atoms with Crippen molar-refractivity contribution in [3.05, 3.63) is 29.4 Å². The van der Waals surface area contributed by atoms with Gasteiger partial charge in [0.15, 0.2) is 0 Å². The van der Waals surface area contributed by atoms with E-state index in [9.17, 15) is 8.42 Å². The number of sulfonamides is 1. The van der Waals surface area contributed by atoms with Gasteiger partial charge in [0.2, 0.25) is 10.0 Å². The Labute approximate surface area is 157 Å². The molecular weight excluding hydrogens is 374 g/mol. The van der Waals surface area contributed by atoms with E-state index in [0.717, 1.165) is 37.0 Å². The van der Waals surface area contributed by atoms with E-state index in [1.165, 1.54) is 18.4 Å². The molecule has 0 saturated heterocycles. The zero-order valence-corrected chi connectivity index (χ0v) is 16.5. The number of aryl methyl sites for hydroxylation is 1. The summed E-state index contributed by atoms with van der Waals surface area (Å²) in [6.45, 7) is 2.02. The number of nitrogens with zero attached hydrogens (tertiary/aromatic N) is 2. The average molecular weight is 398 g/mol. The summed E-state index contributed by atoms with van der Waals surface area (Å²) in [5.74, 6) is 0.740. The van der Waals surface area contributed by atoms with Crippen LogP contribution in [0.15, 0.2) is 28.7 Å². The molecule has 142 valence electrons. The lowest BCUT2D eigenvalue weighted by molar-refractivity contribution is 0.132. The van der Waals surface area contributed by atoms with Crippen LogP contribution in [-0.2, 0) is 16.4 Å². The van der Waals surface area contributed by atoms with E-state index in [1.54, 1.807) is 18.5 Å². The summed E-state index contributed by atoms with van der Waals surface area (Å²) < 4.78 is 39.3. The lowest BCUT2D eigenvalue weighted by atomic mass is 9.94. The van der Waals surface area contributed by atoms with Gasteiger partial charge in [0.05, 0.1) is 7.11 Å². The average Bonchev–Trinajstić information content (AvgIpc) is 3.14. The molecule has 0 spiro atoms. The SMILES string of the molecule is CCc1ccc(S(=O)(=O)NC2CCC(Oc3nccnc3OC)CC2)s1. The first-order chi connectivity index (χ1) is 12.5. The third-order valence-electron chi connectivity index (χ3n) is 4.35. The summed E-state index contributed by atoms with van der Waals surface area (Å²) >= 11 is 1.33. The topological polar surface area (TPSA) is 90.4 Å². The van der Waals surface area contributed by atoms with Crippen molar-refractivity contribution in [1.82, 2.24) is 14.7 Å². The highest BCUT2D eigenvalue weighted by Crippen LogP contribution is 2.28. The number of thiophene rings is 1. The smallest absolute Gasteiger partial charge is 0.278 e. The normalized spacial score (nSPS) is 20.7. The third kappa shape index (κ3) is 4.52. The van der Waals surface area contributed by atoms with Crippen molar-refractivity contribution in [3.8, 4) is 11.8 Å².